The number of carbonyl (C=O) groups excluding carboxylic acids is 1. The second kappa shape index (κ2) is 5.94. The summed E-state index contributed by atoms with van der Waals surface area (Å²) < 4.78 is 0. The van der Waals surface area contributed by atoms with Crippen LogP contribution in [0.2, 0.25) is 5.15 Å². The van der Waals surface area contributed by atoms with Crippen LogP contribution in [0.3, 0.4) is 0 Å². The third-order valence-corrected chi connectivity index (χ3v) is 3.04. The van der Waals surface area contributed by atoms with Gasteiger partial charge in [0.25, 0.3) is 0 Å². The number of aromatic amines is 1. The first-order valence-electron chi connectivity index (χ1n) is 5.99. The number of halogens is 1. The molecule has 0 bridgehead atoms. The van der Waals surface area contributed by atoms with Gasteiger partial charge in [0, 0.05) is 5.92 Å². The van der Waals surface area contributed by atoms with E-state index in [-0.39, 0.29) is 22.9 Å². The summed E-state index contributed by atoms with van der Waals surface area (Å²) >= 11 is 5.96. The van der Waals surface area contributed by atoms with Crippen molar-refractivity contribution in [2.75, 3.05) is 11.9 Å². The smallest absolute Gasteiger partial charge is 0.233 e. The van der Waals surface area contributed by atoms with Gasteiger partial charge in [0.1, 0.15) is 5.52 Å². The van der Waals surface area contributed by atoms with Crippen LogP contribution in [0, 0.1) is 5.92 Å². The van der Waals surface area contributed by atoms with Crippen molar-refractivity contribution in [1.29, 1.82) is 0 Å². The van der Waals surface area contributed by atoms with Gasteiger partial charge in [0.15, 0.2) is 10.8 Å². The summed E-state index contributed by atoms with van der Waals surface area (Å²) in [6, 6.07) is 0. The normalized spacial score (nSPS) is 12.6. The number of nitrogens with two attached hydrogens (primary N) is 1. The zero-order valence-corrected chi connectivity index (χ0v) is 11.2. The average Bonchev–Trinajstić information content (AvgIpc) is 2.84. The van der Waals surface area contributed by atoms with E-state index < -0.39 is 0 Å². The summed E-state index contributed by atoms with van der Waals surface area (Å²) in [6.07, 6.45) is 3.00. The minimum atomic E-state index is -0.153. The van der Waals surface area contributed by atoms with Gasteiger partial charge in [0.2, 0.25) is 11.9 Å². The van der Waals surface area contributed by atoms with Gasteiger partial charge < -0.3 is 10.7 Å². The Morgan fingerprint density at radius 3 is 3.11 bits per heavy atom. The Balaban J connectivity index is 2.10. The van der Waals surface area contributed by atoms with Gasteiger partial charge in [-0.1, -0.05) is 18.5 Å². The highest BCUT2D eigenvalue weighted by Crippen LogP contribution is 2.18. The largest absolute Gasteiger partial charge is 0.341 e. The Labute approximate surface area is 115 Å². The second-order valence-electron chi connectivity index (χ2n) is 4.26. The molecule has 0 saturated carbocycles. The van der Waals surface area contributed by atoms with Gasteiger partial charge >= 0.3 is 0 Å². The Morgan fingerprint density at radius 2 is 2.37 bits per heavy atom. The van der Waals surface area contributed by atoms with E-state index in [2.05, 4.69) is 25.3 Å². The number of rotatable bonds is 5. The number of H-pyrrole nitrogens is 1. The maximum absolute atomic E-state index is 11.9. The van der Waals surface area contributed by atoms with Gasteiger partial charge in [-0.05, 0) is 19.4 Å². The molecule has 19 heavy (non-hydrogen) atoms. The molecule has 2 aromatic rings. The third-order valence-electron chi connectivity index (χ3n) is 2.77. The molecule has 0 aliphatic heterocycles. The standard InChI is InChI=1S/C11H15ClN6O/c1-6(3-2-4-13)10(19)18-11-16-8(12)7-9(17-11)15-5-14-7/h5-6H,2-4,13H2,1H3,(H2,14,15,16,17,18,19). The lowest BCUT2D eigenvalue weighted by Gasteiger charge is -2.10. The number of aromatic nitrogens is 4. The molecule has 2 aromatic heterocycles. The first-order valence-corrected chi connectivity index (χ1v) is 6.37. The van der Waals surface area contributed by atoms with Crippen molar-refractivity contribution in [1.82, 2.24) is 19.9 Å². The lowest BCUT2D eigenvalue weighted by Crippen LogP contribution is -2.22. The highest BCUT2D eigenvalue weighted by atomic mass is 35.5. The number of fused-ring (bicyclic) bond motifs is 1. The van der Waals surface area contributed by atoms with Crippen LogP contribution in [-0.2, 0) is 4.79 Å². The molecule has 0 spiro atoms. The molecule has 7 nitrogen and oxygen atoms in total. The lowest BCUT2D eigenvalue weighted by molar-refractivity contribution is -0.119. The van der Waals surface area contributed by atoms with Crippen molar-refractivity contribution in [3.63, 3.8) is 0 Å². The molecule has 2 heterocycles. The molecule has 0 radical (unpaired) electrons. The monoisotopic (exact) mass is 282 g/mol. The Bertz CT molecular complexity index is 584. The second-order valence-corrected chi connectivity index (χ2v) is 4.62. The van der Waals surface area contributed by atoms with Gasteiger partial charge in [-0.15, -0.1) is 0 Å². The fourth-order valence-corrected chi connectivity index (χ4v) is 1.86. The number of nitrogens with one attached hydrogen (secondary N) is 2. The minimum absolute atomic E-state index is 0.152. The van der Waals surface area contributed by atoms with Crippen molar-refractivity contribution in [3.8, 4) is 0 Å². The van der Waals surface area contributed by atoms with Crippen molar-refractivity contribution in [3.05, 3.63) is 11.5 Å². The zero-order valence-electron chi connectivity index (χ0n) is 10.5. The molecule has 1 unspecified atom stereocenters. The molecule has 2 rings (SSSR count). The molecule has 0 aliphatic carbocycles. The van der Waals surface area contributed by atoms with E-state index in [1.165, 1.54) is 6.33 Å². The van der Waals surface area contributed by atoms with Crippen LogP contribution in [0.15, 0.2) is 6.33 Å². The summed E-state index contributed by atoms with van der Waals surface area (Å²) in [6.45, 7) is 2.40. The maximum atomic E-state index is 11.9. The van der Waals surface area contributed by atoms with Gasteiger partial charge in [-0.3, -0.25) is 10.1 Å². The summed E-state index contributed by atoms with van der Waals surface area (Å²) in [4.78, 5) is 26.8. The molecule has 102 valence electrons. The minimum Gasteiger partial charge on any atom is -0.341 e. The summed E-state index contributed by atoms with van der Waals surface area (Å²) in [5, 5.41) is 2.86. The van der Waals surface area contributed by atoms with E-state index in [4.69, 9.17) is 17.3 Å². The van der Waals surface area contributed by atoms with E-state index in [1.54, 1.807) is 0 Å². The summed E-state index contributed by atoms with van der Waals surface area (Å²) in [5.74, 6) is -0.144. The maximum Gasteiger partial charge on any atom is 0.233 e. The number of amides is 1. The molecular formula is C11H15ClN6O. The van der Waals surface area contributed by atoms with E-state index in [0.29, 0.717) is 17.7 Å². The predicted octanol–water partition coefficient (Wildman–Crippen LogP) is 1.32. The van der Waals surface area contributed by atoms with Crippen molar-refractivity contribution < 1.29 is 4.79 Å². The van der Waals surface area contributed by atoms with Crippen molar-refractivity contribution >= 4 is 34.6 Å². The number of anilines is 1. The number of hydrogen-bond donors (Lipinski definition) is 3. The lowest BCUT2D eigenvalue weighted by atomic mass is 10.1. The Hall–Kier alpha value is -1.73. The van der Waals surface area contributed by atoms with Crippen LogP contribution in [0.5, 0.6) is 0 Å². The van der Waals surface area contributed by atoms with Gasteiger partial charge in [-0.2, -0.15) is 9.97 Å². The molecule has 4 N–H and O–H groups in total. The molecule has 0 aromatic carbocycles. The number of imidazole rings is 1. The van der Waals surface area contributed by atoms with Crippen molar-refractivity contribution in [2.24, 2.45) is 11.7 Å². The highest BCUT2D eigenvalue weighted by Gasteiger charge is 2.15. The van der Waals surface area contributed by atoms with Gasteiger partial charge in [-0.25, -0.2) is 4.98 Å². The molecule has 1 atom stereocenters. The van der Waals surface area contributed by atoms with Crippen LogP contribution >= 0.6 is 11.6 Å². The van der Waals surface area contributed by atoms with E-state index in [1.807, 2.05) is 6.92 Å². The molecule has 0 fully saturated rings. The molecule has 1 amide bonds. The highest BCUT2D eigenvalue weighted by molar-refractivity contribution is 6.33. The Morgan fingerprint density at radius 1 is 1.58 bits per heavy atom. The van der Waals surface area contributed by atoms with Crippen LogP contribution in [0.4, 0.5) is 5.95 Å². The average molecular weight is 283 g/mol. The van der Waals surface area contributed by atoms with Crippen LogP contribution in [-0.4, -0.2) is 32.4 Å². The summed E-state index contributed by atoms with van der Waals surface area (Å²) in [7, 11) is 0. The molecule has 8 heteroatoms. The first kappa shape index (κ1) is 13.7. The van der Waals surface area contributed by atoms with E-state index in [0.717, 1.165) is 12.8 Å². The van der Waals surface area contributed by atoms with Crippen LogP contribution in [0.25, 0.3) is 11.2 Å². The molecular weight excluding hydrogens is 268 g/mol. The number of nitrogens with zero attached hydrogens (tertiary/aromatic N) is 3. The number of carbonyl (C=O) groups is 1. The first-order chi connectivity index (χ1) is 9.11. The van der Waals surface area contributed by atoms with E-state index in [9.17, 15) is 4.79 Å². The summed E-state index contributed by atoms with van der Waals surface area (Å²) in [5.41, 5.74) is 6.39. The SMILES string of the molecule is CC(CCCN)C(=O)Nc1nc(Cl)c2[nH]cnc2n1. The Kier molecular flexibility index (Phi) is 4.28. The van der Waals surface area contributed by atoms with Crippen LogP contribution in [0.1, 0.15) is 19.8 Å². The van der Waals surface area contributed by atoms with Gasteiger partial charge in [0.05, 0.1) is 6.33 Å². The quantitative estimate of drug-likeness (QED) is 0.717. The number of hydrogen-bond acceptors (Lipinski definition) is 5. The van der Waals surface area contributed by atoms with Crippen molar-refractivity contribution in [2.45, 2.75) is 19.8 Å². The predicted molar refractivity (Wildman–Crippen MR) is 72.8 cm³/mol. The third kappa shape index (κ3) is 3.18. The fraction of sp³-hybridized carbons (Fsp3) is 0.455. The zero-order chi connectivity index (χ0) is 13.8. The molecule has 0 aliphatic rings. The topological polar surface area (TPSA) is 110 Å². The van der Waals surface area contributed by atoms with E-state index >= 15 is 0 Å². The fourth-order valence-electron chi connectivity index (χ4n) is 1.64. The van der Waals surface area contributed by atoms with Crippen LogP contribution < -0.4 is 11.1 Å². The molecule has 0 saturated heterocycles.